The van der Waals surface area contributed by atoms with Gasteiger partial charge in [0.1, 0.15) is 11.8 Å². The van der Waals surface area contributed by atoms with Gasteiger partial charge in [0.25, 0.3) is 0 Å². The quantitative estimate of drug-likeness (QED) is 0.848. The minimum absolute atomic E-state index is 0.114. The van der Waals surface area contributed by atoms with Crippen LogP contribution < -0.4 is 0 Å². The lowest BCUT2D eigenvalue weighted by Crippen LogP contribution is -1.95. The van der Waals surface area contributed by atoms with Gasteiger partial charge in [-0.05, 0) is 6.07 Å². The van der Waals surface area contributed by atoms with E-state index < -0.39 is 5.97 Å². The van der Waals surface area contributed by atoms with E-state index in [0.29, 0.717) is 16.1 Å². The monoisotopic (exact) mass is 222 g/mol. The molecule has 0 radical (unpaired) electrons. The van der Waals surface area contributed by atoms with Crippen LogP contribution in [-0.4, -0.2) is 11.1 Å². The van der Waals surface area contributed by atoms with Gasteiger partial charge in [-0.2, -0.15) is 0 Å². The van der Waals surface area contributed by atoms with Gasteiger partial charge < -0.3 is 9.52 Å². The number of furan rings is 1. The fourth-order valence-corrected chi connectivity index (χ4v) is 1.59. The highest BCUT2D eigenvalue weighted by Crippen LogP contribution is 2.30. The first kappa shape index (κ1) is 9.80. The largest absolute Gasteiger partial charge is 0.478 e. The van der Waals surface area contributed by atoms with Gasteiger partial charge in [0.15, 0.2) is 0 Å². The molecule has 2 rings (SSSR count). The zero-order chi connectivity index (χ0) is 10.8. The Morgan fingerprint density at radius 2 is 1.93 bits per heavy atom. The third-order valence-corrected chi connectivity index (χ3v) is 2.39. The van der Waals surface area contributed by atoms with Crippen LogP contribution in [-0.2, 0) is 0 Å². The van der Waals surface area contributed by atoms with E-state index in [1.807, 2.05) is 0 Å². The van der Waals surface area contributed by atoms with Crippen molar-refractivity contribution in [2.24, 2.45) is 0 Å². The summed E-state index contributed by atoms with van der Waals surface area (Å²) in [6, 6.07) is 7.03. The third kappa shape index (κ3) is 1.74. The average molecular weight is 223 g/mol. The maximum Gasteiger partial charge on any atom is 0.339 e. The molecule has 0 aliphatic rings. The number of aromatic carboxylic acids is 1. The number of carboxylic acid groups (broad SMARTS) is 1. The lowest BCUT2D eigenvalue weighted by molar-refractivity contribution is 0.0697. The van der Waals surface area contributed by atoms with E-state index in [1.165, 1.54) is 12.5 Å². The first-order chi connectivity index (χ1) is 7.20. The van der Waals surface area contributed by atoms with Crippen molar-refractivity contribution in [1.82, 2.24) is 0 Å². The molecule has 3 nitrogen and oxygen atoms in total. The molecule has 76 valence electrons. The van der Waals surface area contributed by atoms with Crippen LogP contribution in [0.3, 0.4) is 0 Å². The number of hydrogen-bond donors (Lipinski definition) is 1. The molecule has 1 heterocycles. The van der Waals surface area contributed by atoms with Crippen LogP contribution in [0.15, 0.2) is 41.2 Å². The molecule has 0 fully saturated rings. The molecular weight excluding hydrogens is 216 g/mol. The van der Waals surface area contributed by atoms with E-state index in [4.69, 9.17) is 21.1 Å². The van der Waals surface area contributed by atoms with Crippen LogP contribution in [0.2, 0.25) is 5.02 Å². The molecule has 1 aromatic heterocycles. The molecule has 4 heteroatoms. The predicted octanol–water partition coefficient (Wildman–Crippen LogP) is 3.30. The van der Waals surface area contributed by atoms with Gasteiger partial charge in [-0.1, -0.05) is 29.8 Å². The summed E-state index contributed by atoms with van der Waals surface area (Å²) in [6.45, 7) is 0. The molecule has 0 atom stereocenters. The SMILES string of the molecule is O=C(O)c1cocc1-c1ccccc1Cl. The maximum absolute atomic E-state index is 10.9. The first-order valence-corrected chi connectivity index (χ1v) is 4.62. The van der Waals surface area contributed by atoms with Crippen LogP contribution in [0.1, 0.15) is 10.4 Å². The van der Waals surface area contributed by atoms with E-state index in [9.17, 15) is 4.79 Å². The fourth-order valence-electron chi connectivity index (χ4n) is 1.35. The van der Waals surface area contributed by atoms with Crippen molar-refractivity contribution in [2.75, 3.05) is 0 Å². The Labute approximate surface area is 90.9 Å². The summed E-state index contributed by atoms with van der Waals surface area (Å²) >= 11 is 5.96. The molecule has 0 bridgehead atoms. The second-order valence-electron chi connectivity index (χ2n) is 2.98. The van der Waals surface area contributed by atoms with Crippen LogP contribution in [0, 0.1) is 0 Å². The molecule has 1 aromatic carbocycles. The van der Waals surface area contributed by atoms with Gasteiger partial charge in [-0.15, -0.1) is 0 Å². The van der Waals surface area contributed by atoms with E-state index in [1.54, 1.807) is 24.3 Å². The summed E-state index contributed by atoms with van der Waals surface area (Å²) in [7, 11) is 0. The molecule has 0 unspecified atom stereocenters. The number of hydrogen-bond acceptors (Lipinski definition) is 2. The smallest absolute Gasteiger partial charge is 0.339 e. The van der Waals surface area contributed by atoms with E-state index >= 15 is 0 Å². The zero-order valence-electron chi connectivity index (χ0n) is 7.61. The van der Waals surface area contributed by atoms with Gasteiger partial charge in [-0.25, -0.2) is 4.79 Å². The molecule has 2 aromatic rings. The van der Waals surface area contributed by atoms with E-state index in [0.717, 1.165) is 0 Å². The molecule has 0 aliphatic carbocycles. The van der Waals surface area contributed by atoms with Crippen molar-refractivity contribution in [3.63, 3.8) is 0 Å². The molecule has 0 spiro atoms. The normalized spacial score (nSPS) is 10.2. The van der Waals surface area contributed by atoms with Gasteiger partial charge in [0, 0.05) is 16.1 Å². The minimum Gasteiger partial charge on any atom is -0.478 e. The molecule has 1 N–H and O–H groups in total. The van der Waals surface area contributed by atoms with Crippen molar-refractivity contribution in [3.8, 4) is 11.1 Å². The number of carboxylic acids is 1. The van der Waals surface area contributed by atoms with Crippen LogP contribution >= 0.6 is 11.6 Å². The standard InChI is InChI=1S/C11H7ClO3/c12-10-4-2-1-3-7(10)8-5-15-6-9(8)11(13)14/h1-6H,(H,13,14). The Balaban J connectivity index is 2.59. The topological polar surface area (TPSA) is 50.4 Å². The second-order valence-corrected chi connectivity index (χ2v) is 3.39. The highest BCUT2D eigenvalue weighted by Gasteiger charge is 2.15. The van der Waals surface area contributed by atoms with Crippen molar-refractivity contribution in [3.05, 3.63) is 47.4 Å². The molecule has 0 saturated heterocycles. The van der Waals surface area contributed by atoms with Crippen molar-refractivity contribution in [2.45, 2.75) is 0 Å². The molecule has 0 amide bonds. The highest BCUT2D eigenvalue weighted by molar-refractivity contribution is 6.33. The Kier molecular flexibility index (Phi) is 2.47. The first-order valence-electron chi connectivity index (χ1n) is 4.24. The number of rotatable bonds is 2. The van der Waals surface area contributed by atoms with E-state index in [-0.39, 0.29) is 5.56 Å². The summed E-state index contributed by atoms with van der Waals surface area (Å²) in [5.74, 6) is -1.03. The summed E-state index contributed by atoms with van der Waals surface area (Å²) in [6.07, 6.45) is 2.58. The Morgan fingerprint density at radius 1 is 1.20 bits per heavy atom. The van der Waals surface area contributed by atoms with Crippen molar-refractivity contribution in [1.29, 1.82) is 0 Å². The van der Waals surface area contributed by atoms with Gasteiger partial charge in [-0.3, -0.25) is 0 Å². The number of carbonyl (C=O) groups is 1. The van der Waals surface area contributed by atoms with E-state index in [2.05, 4.69) is 0 Å². The second kappa shape index (κ2) is 3.79. The maximum atomic E-state index is 10.9. The van der Waals surface area contributed by atoms with Gasteiger partial charge >= 0.3 is 5.97 Å². The molecular formula is C11H7ClO3. The van der Waals surface area contributed by atoms with Crippen molar-refractivity contribution >= 4 is 17.6 Å². The lowest BCUT2D eigenvalue weighted by atomic mass is 10.1. The molecule has 0 saturated carbocycles. The fraction of sp³-hybridized carbons (Fsp3) is 0. The number of halogens is 1. The summed E-state index contributed by atoms with van der Waals surface area (Å²) < 4.78 is 4.88. The summed E-state index contributed by atoms with van der Waals surface area (Å²) in [4.78, 5) is 10.9. The van der Waals surface area contributed by atoms with Gasteiger partial charge in [0.05, 0.1) is 6.26 Å². The van der Waals surface area contributed by atoms with Crippen LogP contribution in [0.25, 0.3) is 11.1 Å². The predicted molar refractivity (Wildman–Crippen MR) is 56.1 cm³/mol. The highest BCUT2D eigenvalue weighted by atomic mass is 35.5. The van der Waals surface area contributed by atoms with Crippen LogP contribution in [0.4, 0.5) is 0 Å². The molecule has 0 aliphatic heterocycles. The van der Waals surface area contributed by atoms with Crippen LogP contribution in [0.5, 0.6) is 0 Å². The minimum atomic E-state index is -1.03. The van der Waals surface area contributed by atoms with Gasteiger partial charge in [0.2, 0.25) is 0 Å². The zero-order valence-corrected chi connectivity index (χ0v) is 8.36. The lowest BCUT2D eigenvalue weighted by Gasteiger charge is -2.01. The number of benzene rings is 1. The summed E-state index contributed by atoms with van der Waals surface area (Å²) in [5, 5.41) is 9.40. The Bertz CT molecular complexity index is 502. The Hall–Kier alpha value is -1.74. The Morgan fingerprint density at radius 3 is 2.60 bits per heavy atom. The third-order valence-electron chi connectivity index (χ3n) is 2.06. The average Bonchev–Trinajstić information content (AvgIpc) is 2.67. The van der Waals surface area contributed by atoms with Crippen molar-refractivity contribution < 1.29 is 14.3 Å². The summed E-state index contributed by atoms with van der Waals surface area (Å²) in [5.41, 5.74) is 1.27. The molecule has 15 heavy (non-hydrogen) atoms.